The monoisotopic (exact) mass is 178 g/mol. The fourth-order valence-corrected chi connectivity index (χ4v) is 0. The van der Waals surface area contributed by atoms with Gasteiger partial charge in [0.25, 0.3) is 0 Å². The van der Waals surface area contributed by atoms with E-state index < -0.39 is 5.54 Å². The average molecular weight is 179 g/mol. The second-order valence-electron chi connectivity index (χ2n) is 2.15. The third kappa shape index (κ3) is 29.5. The van der Waals surface area contributed by atoms with Crippen LogP contribution < -0.4 is 11.9 Å². The molecule has 3 nitrogen and oxygen atoms in total. The molecule has 0 fully saturated rings. The van der Waals surface area contributed by atoms with Crippen LogP contribution in [0.5, 0.6) is 0 Å². The van der Waals surface area contributed by atoms with Crippen LogP contribution in [0.4, 0.5) is 0 Å². The van der Waals surface area contributed by atoms with Crippen molar-refractivity contribution in [2.45, 2.75) is 19.4 Å². The van der Waals surface area contributed by atoms with Crippen LogP contribution in [0.2, 0.25) is 0 Å². The Balaban J connectivity index is -0.0000000417. The quantitative estimate of drug-likeness (QED) is 0.554. The van der Waals surface area contributed by atoms with Crippen LogP contribution in [0.15, 0.2) is 0 Å². The maximum Gasteiger partial charge on any atom is 0.0605 e. The van der Waals surface area contributed by atoms with E-state index in [4.69, 9.17) is 10.8 Å². The Morgan fingerprint density at radius 3 is 1.44 bits per heavy atom. The third-order valence-corrected chi connectivity index (χ3v) is 0.408. The minimum atomic E-state index is -0.403. The molecule has 0 aromatic heterocycles. The zero-order chi connectivity index (χ0) is 5.21. The molecule has 0 aliphatic rings. The first-order valence-electron chi connectivity index (χ1n) is 1.96. The summed E-state index contributed by atoms with van der Waals surface area (Å²) in [5.74, 6) is 0. The van der Waals surface area contributed by atoms with Crippen LogP contribution in [0.3, 0.4) is 0 Å². The van der Waals surface area contributed by atoms with Gasteiger partial charge in [-0.3, -0.25) is 0 Å². The smallest absolute Gasteiger partial charge is 0.0605 e. The molecule has 0 radical (unpaired) electrons. The molecule has 0 amide bonds. The molecule has 5 heteroatoms. The molecule has 0 saturated carbocycles. The number of aliphatic hydroxyl groups excluding tert-OH is 1. The van der Waals surface area contributed by atoms with Gasteiger partial charge in [0.2, 0.25) is 0 Å². The summed E-state index contributed by atoms with van der Waals surface area (Å²) < 4.78 is 0. The molecule has 0 saturated heterocycles. The van der Waals surface area contributed by atoms with Gasteiger partial charge in [-0.1, -0.05) is 0 Å². The van der Waals surface area contributed by atoms with Crippen LogP contribution in [-0.4, -0.2) is 17.3 Å². The minimum absolute atomic E-state index is 0. The van der Waals surface area contributed by atoms with E-state index in [1.807, 2.05) is 0 Å². The lowest BCUT2D eigenvalue weighted by molar-refractivity contribution is 0.221. The molecule has 0 bridgehead atoms. The van der Waals surface area contributed by atoms with Crippen molar-refractivity contribution < 1.29 is 5.11 Å². The van der Waals surface area contributed by atoms with Gasteiger partial charge in [0.1, 0.15) is 0 Å². The zero-order valence-electron chi connectivity index (χ0n) is 5.76. The topological polar surface area (TPSA) is 81.2 Å². The van der Waals surface area contributed by atoms with Crippen LogP contribution in [0.25, 0.3) is 0 Å². The Kier molecular flexibility index (Phi) is 21.3. The van der Waals surface area contributed by atoms with E-state index in [0.29, 0.717) is 0 Å². The molecule has 0 spiro atoms. The van der Waals surface area contributed by atoms with Gasteiger partial charge >= 0.3 is 0 Å². The highest BCUT2D eigenvalue weighted by molar-refractivity contribution is 5.85. The van der Waals surface area contributed by atoms with Crippen molar-refractivity contribution in [2.24, 2.45) is 5.73 Å². The molecule has 62 valence electrons. The first-order chi connectivity index (χ1) is 2.56. The summed E-state index contributed by atoms with van der Waals surface area (Å²) in [5, 5.41) is 8.28. The first kappa shape index (κ1) is 22.7. The summed E-state index contributed by atoms with van der Waals surface area (Å²) in [4.78, 5) is 0. The first-order valence-corrected chi connectivity index (χ1v) is 1.96. The Hall–Kier alpha value is 0.460. The van der Waals surface area contributed by atoms with Crippen molar-refractivity contribution in [3.05, 3.63) is 0 Å². The summed E-state index contributed by atoms with van der Waals surface area (Å²) in [6.07, 6.45) is 0. The highest BCUT2D eigenvalue weighted by Gasteiger charge is 2.05. The Labute approximate surface area is 68.4 Å². The van der Waals surface area contributed by atoms with E-state index in [-0.39, 0.29) is 37.6 Å². The highest BCUT2D eigenvalue weighted by atomic mass is 35.5. The maximum absolute atomic E-state index is 8.28. The average Bonchev–Trinajstić information content (AvgIpc) is 1.35. The molecule has 9 heavy (non-hydrogen) atoms. The second kappa shape index (κ2) is 8.46. The van der Waals surface area contributed by atoms with Gasteiger partial charge in [-0.05, 0) is 13.8 Å². The molecule has 0 atom stereocenters. The summed E-state index contributed by atoms with van der Waals surface area (Å²) in [6.45, 7) is 3.59. The van der Waals surface area contributed by atoms with Gasteiger partial charge in [-0.15, -0.1) is 24.8 Å². The fraction of sp³-hybridized carbons (Fsp3) is 1.00. The summed E-state index contributed by atoms with van der Waals surface area (Å²) in [5.41, 5.74) is 4.88. The lowest BCUT2D eigenvalue weighted by Gasteiger charge is -2.12. The predicted molar refractivity (Wildman–Crippen MR) is 44.9 cm³/mol. The van der Waals surface area contributed by atoms with E-state index in [1.165, 1.54) is 0 Å². The lowest BCUT2D eigenvalue weighted by atomic mass is 10.1. The number of hydrogen-bond donors (Lipinski definition) is 3. The molecule has 0 unspecified atom stereocenters. The molecular formula is C4H16Cl2N2O. The molecule has 0 aromatic rings. The van der Waals surface area contributed by atoms with E-state index in [9.17, 15) is 0 Å². The van der Waals surface area contributed by atoms with Gasteiger partial charge in [0.15, 0.2) is 0 Å². The third-order valence-electron chi connectivity index (χ3n) is 0.408. The van der Waals surface area contributed by atoms with Gasteiger partial charge in [0, 0.05) is 5.54 Å². The normalized spacial score (nSPS) is 8.00. The standard InChI is InChI=1S/C4H11NO.2ClH.H3N/c1-4(2,5)3-6;;;/h6H,3,5H2,1-2H3;2*1H;1H3. The fourth-order valence-electron chi connectivity index (χ4n) is 0. The molecule has 0 heterocycles. The SMILES string of the molecule is CC(C)(N)CO.Cl.Cl.N. The molecule has 0 aromatic carbocycles. The van der Waals surface area contributed by atoms with Gasteiger partial charge in [-0.2, -0.15) is 0 Å². The summed E-state index contributed by atoms with van der Waals surface area (Å²) in [6, 6.07) is 0. The van der Waals surface area contributed by atoms with E-state index >= 15 is 0 Å². The van der Waals surface area contributed by atoms with E-state index in [0.717, 1.165) is 0 Å². The zero-order valence-corrected chi connectivity index (χ0v) is 7.39. The van der Waals surface area contributed by atoms with Crippen LogP contribution in [-0.2, 0) is 0 Å². The van der Waals surface area contributed by atoms with Crippen LogP contribution in [0.1, 0.15) is 13.8 Å². The lowest BCUT2D eigenvalue weighted by Crippen LogP contribution is -2.35. The molecule has 0 aliphatic heterocycles. The van der Waals surface area contributed by atoms with Gasteiger partial charge < -0.3 is 17.0 Å². The molecule has 0 aliphatic carbocycles. The summed E-state index contributed by atoms with van der Waals surface area (Å²) in [7, 11) is 0. The van der Waals surface area contributed by atoms with Gasteiger partial charge in [-0.25, -0.2) is 0 Å². The molecule has 0 rings (SSSR count). The Morgan fingerprint density at radius 1 is 1.33 bits per heavy atom. The Morgan fingerprint density at radius 2 is 1.44 bits per heavy atom. The number of rotatable bonds is 1. The van der Waals surface area contributed by atoms with Crippen LogP contribution >= 0.6 is 24.8 Å². The Bertz CT molecular complexity index is 46.3. The predicted octanol–water partition coefficient (Wildman–Crippen LogP) is 0.722. The van der Waals surface area contributed by atoms with Crippen molar-refractivity contribution in [3.8, 4) is 0 Å². The number of hydrogen-bond acceptors (Lipinski definition) is 3. The number of aliphatic hydroxyl groups is 1. The molecule has 6 N–H and O–H groups in total. The largest absolute Gasteiger partial charge is 0.394 e. The van der Waals surface area contributed by atoms with Crippen molar-refractivity contribution in [1.29, 1.82) is 0 Å². The maximum atomic E-state index is 8.28. The van der Waals surface area contributed by atoms with Gasteiger partial charge in [0.05, 0.1) is 6.61 Å². The second-order valence-corrected chi connectivity index (χ2v) is 2.15. The number of halogens is 2. The van der Waals surface area contributed by atoms with Crippen LogP contribution in [0, 0.1) is 0 Å². The van der Waals surface area contributed by atoms with Crippen molar-refractivity contribution >= 4 is 24.8 Å². The molecular weight excluding hydrogens is 163 g/mol. The number of nitrogens with two attached hydrogens (primary N) is 1. The van der Waals surface area contributed by atoms with E-state index in [1.54, 1.807) is 13.8 Å². The summed E-state index contributed by atoms with van der Waals surface area (Å²) >= 11 is 0. The minimum Gasteiger partial charge on any atom is -0.394 e. The van der Waals surface area contributed by atoms with Crippen molar-refractivity contribution in [2.75, 3.05) is 6.61 Å². The highest BCUT2D eigenvalue weighted by Crippen LogP contribution is 1.89. The van der Waals surface area contributed by atoms with E-state index in [2.05, 4.69) is 0 Å². The van der Waals surface area contributed by atoms with Crippen molar-refractivity contribution in [3.63, 3.8) is 0 Å². The van der Waals surface area contributed by atoms with Crippen molar-refractivity contribution in [1.82, 2.24) is 6.15 Å².